The number of nitrogens with zero attached hydrogens (tertiary/aromatic N) is 2. The first-order valence-electron chi connectivity index (χ1n) is 5.60. The lowest BCUT2D eigenvalue weighted by Crippen LogP contribution is -2.32. The fourth-order valence-electron chi connectivity index (χ4n) is 1.35. The lowest BCUT2D eigenvalue weighted by molar-refractivity contribution is 0.0951. The van der Waals surface area contributed by atoms with E-state index >= 15 is 0 Å². The van der Waals surface area contributed by atoms with Crippen LogP contribution in [0.2, 0.25) is 0 Å². The summed E-state index contributed by atoms with van der Waals surface area (Å²) in [5.74, 6) is -0.129. The number of halogens is 1. The Hall–Kier alpha value is -0.530. The zero-order valence-corrected chi connectivity index (χ0v) is 13.4. The molecule has 1 unspecified atom stereocenters. The molecule has 0 radical (unpaired) electrons. The summed E-state index contributed by atoms with van der Waals surface area (Å²) in [7, 11) is 1.63. The van der Waals surface area contributed by atoms with Crippen molar-refractivity contribution in [2.24, 2.45) is 0 Å². The summed E-state index contributed by atoms with van der Waals surface area (Å²) in [6, 6.07) is 0. The third-order valence-electron chi connectivity index (χ3n) is 2.24. The number of rotatable bonds is 5. The maximum Gasteiger partial charge on any atom is 0.265 e. The second-order valence-corrected chi connectivity index (χ2v) is 7.01. The number of alkyl halides is 1. The van der Waals surface area contributed by atoms with Crippen LogP contribution in [0.1, 0.15) is 36.1 Å². The fourth-order valence-corrected chi connectivity index (χ4v) is 2.57. The van der Waals surface area contributed by atoms with Crippen molar-refractivity contribution in [3.8, 4) is 0 Å². The van der Waals surface area contributed by atoms with E-state index in [0.29, 0.717) is 18.0 Å². The highest BCUT2D eigenvalue weighted by Crippen LogP contribution is 2.25. The maximum atomic E-state index is 12.0. The normalized spacial score (nSPS) is 13.4. The number of ether oxygens (including phenoxy) is 1. The molecule has 7 heteroatoms. The van der Waals surface area contributed by atoms with Crippen molar-refractivity contribution >= 4 is 33.4 Å². The van der Waals surface area contributed by atoms with Crippen LogP contribution in [0, 0.1) is 0 Å². The summed E-state index contributed by atoms with van der Waals surface area (Å²) in [6.45, 7) is 7.09. The Kier molecular flexibility index (Phi) is 5.68. The van der Waals surface area contributed by atoms with Gasteiger partial charge in [0.15, 0.2) is 0 Å². The van der Waals surface area contributed by atoms with Crippen LogP contribution in [-0.2, 0) is 10.2 Å². The topological polar surface area (TPSA) is 64.1 Å². The van der Waals surface area contributed by atoms with E-state index in [1.165, 1.54) is 0 Å². The molecule has 1 heterocycles. The number of amides is 1. The number of nitrogens with one attached hydrogen (secondary N) is 1. The Morgan fingerprint density at radius 1 is 1.56 bits per heavy atom. The average molecular weight is 336 g/mol. The zero-order chi connectivity index (χ0) is 13.8. The molecule has 1 atom stereocenters. The Morgan fingerprint density at radius 3 is 2.78 bits per heavy atom. The highest BCUT2D eigenvalue weighted by atomic mass is 79.9. The minimum Gasteiger partial charge on any atom is -0.383 e. The van der Waals surface area contributed by atoms with Gasteiger partial charge in [0.1, 0.15) is 4.88 Å². The number of hydrogen-bond acceptors (Lipinski definition) is 5. The summed E-state index contributed by atoms with van der Waals surface area (Å²) in [4.78, 5) is 12.7. The van der Waals surface area contributed by atoms with Crippen molar-refractivity contribution in [3.05, 3.63) is 10.6 Å². The molecule has 0 aliphatic heterocycles. The molecule has 1 aromatic heterocycles. The molecule has 0 aliphatic carbocycles. The molecule has 5 nitrogen and oxygen atoms in total. The Labute approximate surface area is 120 Å². The van der Waals surface area contributed by atoms with E-state index in [1.54, 1.807) is 7.11 Å². The van der Waals surface area contributed by atoms with Gasteiger partial charge in [0, 0.05) is 19.1 Å². The van der Waals surface area contributed by atoms with E-state index in [0.717, 1.165) is 17.2 Å². The van der Waals surface area contributed by atoms with E-state index in [4.69, 9.17) is 4.74 Å². The number of carbonyl (C=O) groups is 1. The van der Waals surface area contributed by atoms with Crippen molar-refractivity contribution in [1.29, 1.82) is 0 Å². The lowest BCUT2D eigenvalue weighted by Gasteiger charge is -2.16. The van der Waals surface area contributed by atoms with E-state index in [2.05, 4.69) is 30.8 Å². The standard InChI is InChI=1S/C11H18BrN3O2S/c1-11(2,3)9-8(18-15-14-9)10(16)13-5-7(12)6-17-4/h7H,5-6H2,1-4H3,(H,13,16). The molecule has 0 aromatic carbocycles. The van der Waals surface area contributed by atoms with Gasteiger partial charge in [-0.2, -0.15) is 0 Å². The average Bonchev–Trinajstić information content (AvgIpc) is 2.74. The molecular weight excluding hydrogens is 318 g/mol. The largest absolute Gasteiger partial charge is 0.383 e. The summed E-state index contributed by atoms with van der Waals surface area (Å²) in [5.41, 5.74) is 0.558. The van der Waals surface area contributed by atoms with Crippen LogP contribution in [-0.4, -0.2) is 40.6 Å². The monoisotopic (exact) mass is 335 g/mol. The minimum absolute atomic E-state index is 0.102. The van der Waals surface area contributed by atoms with Gasteiger partial charge in [-0.1, -0.05) is 41.2 Å². The smallest absolute Gasteiger partial charge is 0.265 e. The van der Waals surface area contributed by atoms with E-state index in [9.17, 15) is 4.79 Å². The second-order valence-electron chi connectivity index (χ2n) is 4.96. The number of carbonyl (C=O) groups excluding carboxylic acids is 1. The van der Waals surface area contributed by atoms with Gasteiger partial charge in [-0.05, 0) is 11.5 Å². The maximum absolute atomic E-state index is 12.0. The van der Waals surface area contributed by atoms with Crippen LogP contribution in [0.5, 0.6) is 0 Å². The van der Waals surface area contributed by atoms with Gasteiger partial charge < -0.3 is 10.1 Å². The second kappa shape index (κ2) is 6.58. The third-order valence-corrected chi connectivity index (χ3v) is 3.55. The minimum atomic E-state index is -0.181. The first-order chi connectivity index (χ1) is 8.36. The van der Waals surface area contributed by atoms with Crippen LogP contribution < -0.4 is 5.32 Å². The van der Waals surface area contributed by atoms with Crippen molar-refractivity contribution < 1.29 is 9.53 Å². The van der Waals surface area contributed by atoms with E-state index in [1.807, 2.05) is 20.8 Å². The van der Waals surface area contributed by atoms with Gasteiger partial charge in [-0.3, -0.25) is 4.79 Å². The van der Waals surface area contributed by atoms with Crippen LogP contribution in [0.15, 0.2) is 0 Å². The van der Waals surface area contributed by atoms with Gasteiger partial charge in [0.25, 0.3) is 5.91 Å². The molecule has 1 rings (SSSR count). The predicted octanol–water partition coefficient (Wildman–Crippen LogP) is 1.98. The van der Waals surface area contributed by atoms with Crippen LogP contribution in [0.3, 0.4) is 0 Å². The van der Waals surface area contributed by atoms with Crippen molar-refractivity contribution in [2.75, 3.05) is 20.3 Å². The number of hydrogen-bond donors (Lipinski definition) is 1. The molecule has 102 valence electrons. The number of aromatic nitrogens is 2. The number of methoxy groups -OCH3 is 1. The van der Waals surface area contributed by atoms with E-state index in [-0.39, 0.29) is 16.1 Å². The molecule has 0 saturated heterocycles. The molecule has 0 aliphatic rings. The van der Waals surface area contributed by atoms with Crippen LogP contribution >= 0.6 is 27.5 Å². The first kappa shape index (κ1) is 15.5. The highest BCUT2D eigenvalue weighted by molar-refractivity contribution is 9.09. The van der Waals surface area contributed by atoms with Gasteiger partial charge in [-0.25, -0.2) is 0 Å². The Morgan fingerprint density at radius 2 is 2.22 bits per heavy atom. The third kappa shape index (κ3) is 4.29. The van der Waals surface area contributed by atoms with Crippen molar-refractivity contribution in [1.82, 2.24) is 14.9 Å². The summed E-state index contributed by atoms with van der Waals surface area (Å²) >= 11 is 4.55. The molecule has 1 amide bonds. The highest BCUT2D eigenvalue weighted by Gasteiger charge is 2.26. The predicted molar refractivity (Wildman–Crippen MR) is 75.5 cm³/mol. The Balaban J connectivity index is 2.65. The van der Waals surface area contributed by atoms with Gasteiger partial charge >= 0.3 is 0 Å². The SMILES string of the molecule is COCC(Br)CNC(=O)c1snnc1C(C)(C)C. The fraction of sp³-hybridized carbons (Fsp3) is 0.727. The van der Waals surface area contributed by atoms with Gasteiger partial charge in [-0.15, -0.1) is 5.10 Å². The quantitative estimate of drug-likeness (QED) is 0.835. The molecule has 0 spiro atoms. The molecule has 0 saturated carbocycles. The van der Waals surface area contributed by atoms with Crippen molar-refractivity contribution in [2.45, 2.75) is 31.0 Å². The lowest BCUT2D eigenvalue weighted by atomic mass is 9.91. The molecule has 0 fully saturated rings. The van der Waals surface area contributed by atoms with E-state index < -0.39 is 0 Å². The van der Waals surface area contributed by atoms with Gasteiger partial charge in [0.2, 0.25) is 0 Å². The van der Waals surface area contributed by atoms with Crippen LogP contribution in [0.25, 0.3) is 0 Å². The molecule has 1 aromatic rings. The molecule has 1 N–H and O–H groups in total. The van der Waals surface area contributed by atoms with Gasteiger partial charge in [0.05, 0.1) is 17.1 Å². The molecular formula is C11H18BrN3O2S. The van der Waals surface area contributed by atoms with Crippen molar-refractivity contribution in [3.63, 3.8) is 0 Å². The summed E-state index contributed by atoms with van der Waals surface area (Å²) in [6.07, 6.45) is 0. The molecule has 0 bridgehead atoms. The molecule has 18 heavy (non-hydrogen) atoms. The van der Waals surface area contributed by atoms with Crippen LogP contribution in [0.4, 0.5) is 0 Å². The Bertz CT molecular complexity index is 403. The first-order valence-corrected chi connectivity index (χ1v) is 7.29. The summed E-state index contributed by atoms with van der Waals surface area (Å²) in [5, 5.41) is 6.89. The zero-order valence-electron chi connectivity index (χ0n) is 11.0. The summed E-state index contributed by atoms with van der Waals surface area (Å²) < 4.78 is 8.85.